The van der Waals surface area contributed by atoms with Crippen molar-refractivity contribution in [2.75, 3.05) is 10.3 Å². The van der Waals surface area contributed by atoms with Crippen LogP contribution in [0.1, 0.15) is 65.8 Å². The van der Waals surface area contributed by atoms with Crippen LogP contribution in [0.2, 0.25) is 0 Å². The second-order valence-electron chi connectivity index (χ2n) is 10.9. The van der Waals surface area contributed by atoms with E-state index in [0.717, 1.165) is 38.5 Å². The van der Waals surface area contributed by atoms with Crippen LogP contribution in [0.5, 0.6) is 0 Å². The Morgan fingerprint density at radius 2 is 0.951 bits per heavy atom. The molecule has 0 fully saturated rings. The first-order chi connectivity index (χ1) is 28.6. The molecule has 0 saturated carbocycles. The lowest BCUT2D eigenvalue weighted by atomic mass is 10.1. The molecule has 0 bridgehead atoms. The molecule has 0 amide bonds. The zero-order valence-electron chi connectivity index (χ0n) is 31.9. The molecule has 21 heteroatoms. The molecule has 0 radical (unpaired) electrons. The van der Waals surface area contributed by atoms with Crippen LogP contribution in [0.3, 0.4) is 0 Å². The summed E-state index contributed by atoms with van der Waals surface area (Å²) in [6.45, 7) is 1.56. The van der Waals surface area contributed by atoms with Gasteiger partial charge in [0.1, 0.15) is 10.7 Å². The van der Waals surface area contributed by atoms with E-state index in [1.807, 2.05) is 36.4 Å². The van der Waals surface area contributed by atoms with E-state index in [2.05, 4.69) is 79.6 Å². The maximum Gasteiger partial charge on any atom is 0.335 e. The predicted molar refractivity (Wildman–Crippen MR) is 259 cm³/mol. The highest BCUT2D eigenvalue weighted by Gasteiger charge is 2.06. The molecule has 1 unspecified atom stereocenters. The van der Waals surface area contributed by atoms with Gasteiger partial charge in [-0.25, -0.2) is 14.4 Å². The van der Waals surface area contributed by atoms with Crippen LogP contribution in [0.25, 0.3) is 0 Å². The maximum absolute atomic E-state index is 10.6. The van der Waals surface area contributed by atoms with Crippen molar-refractivity contribution in [3.05, 3.63) is 142 Å². The molecule has 4 aromatic carbocycles. The SMILES string of the molecule is CC(Br)C(=O)O.O=C(O)CCl.O=C(O)CI.O=C(O)Cc1ccc(CBr)cc1.O=C(O)c1ccc(CBr)cc1.O=C(O)c1cccc(CBr)c1.O=C(O)c1ccccc1CBr. The molecule has 14 nitrogen and oxygen atoms in total. The van der Waals surface area contributed by atoms with Crippen LogP contribution < -0.4 is 0 Å². The fourth-order valence-electron chi connectivity index (χ4n) is 3.29. The number of halogens is 7. The van der Waals surface area contributed by atoms with Gasteiger partial charge in [-0.2, -0.15) is 0 Å². The lowest BCUT2D eigenvalue weighted by molar-refractivity contribution is -0.137. The largest absolute Gasteiger partial charge is 0.481 e. The first-order valence-electron chi connectivity index (χ1n) is 16.6. The van der Waals surface area contributed by atoms with Crippen LogP contribution in [0.4, 0.5) is 0 Å². The normalized spacial score (nSPS) is 9.64. The van der Waals surface area contributed by atoms with E-state index in [4.69, 9.17) is 47.3 Å². The molecule has 1 atom stereocenters. The fourth-order valence-corrected chi connectivity index (χ4v) is 4.88. The van der Waals surface area contributed by atoms with Crippen LogP contribution in [-0.2, 0) is 46.9 Å². The predicted octanol–water partition coefficient (Wildman–Crippen LogP) is 10.7. The lowest BCUT2D eigenvalue weighted by Crippen LogP contribution is -2.06. The van der Waals surface area contributed by atoms with Gasteiger partial charge in [0.15, 0.2) is 0 Å². The molecule has 7 N–H and O–H groups in total. The summed E-state index contributed by atoms with van der Waals surface area (Å²) in [4.78, 5) is 69.5. The number of aromatic carboxylic acids is 3. The number of carboxylic acids is 7. The van der Waals surface area contributed by atoms with Crippen molar-refractivity contribution < 1.29 is 69.3 Å². The van der Waals surface area contributed by atoms with Gasteiger partial charge in [0.25, 0.3) is 0 Å². The van der Waals surface area contributed by atoms with Gasteiger partial charge in [-0.3, -0.25) is 19.2 Å². The van der Waals surface area contributed by atoms with Crippen LogP contribution in [-0.4, -0.2) is 92.7 Å². The highest BCUT2D eigenvalue weighted by molar-refractivity contribution is 14.1. The van der Waals surface area contributed by atoms with Gasteiger partial charge in [-0.05, 0) is 65.1 Å². The third-order valence-electron chi connectivity index (χ3n) is 6.18. The second kappa shape index (κ2) is 38.3. The van der Waals surface area contributed by atoms with Crippen molar-refractivity contribution in [1.29, 1.82) is 0 Å². The first-order valence-corrected chi connectivity index (χ1v) is 24.0. The topological polar surface area (TPSA) is 261 Å². The average molecular weight is 1310 g/mol. The van der Waals surface area contributed by atoms with Gasteiger partial charge < -0.3 is 35.7 Å². The van der Waals surface area contributed by atoms with E-state index in [9.17, 15) is 33.6 Å². The van der Waals surface area contributed by atoms with Crippen molar-refractivity contribution in [3.8, 4) is 0 Å². The number of hydrogen-bond donors (Lipinski definition) is 7. The molecular formula is C40H41Br5ClIO14. The summed E-state index contributed by atoms with van der Waals surface area (Å²) in [5, 5.41) is 60.4. The lowest BCUT2D eigenvalue weighted by Gasteiger charge is -1.99. The Morgan fingerprint density at radius 1 is 0.541 bits per heavy atom. The van der Waals surface area contributed by atoms with E-state index in [-0.39, 0.29) is 16.7 Å². The number of carbonyl (C=O) groups is 7. The van der Waals surface area contributed by atoms with Gasteiger partial charge in [-0.1, -0.05) is 169 Å². The summed E-state index contributed by atoms with van der Waals surface area (Å²) in [7, 11) is 0. The Kier molecular flexibility index (Phi) is 38.8. The van der Waals surface area contributed by atoms with Crippen molar-refractivity contribution in [1.82, 2.24) is 0 Å². The molecule has 0 aliphatic carbocycles. The summed E-state index contributed by atoms with van der Waals surface area (Å²) in [6.07, 6.45) is 0.0998. The molecule has 0 spiro atoms. The molecule has 0 aliphatic rings. The molecule has 4 rings (SSSR count). The summed E-state index contributed by atoms with van der Waals surface area (Å²) in [5.74, 6) is -6.30. The van der Waals surface area contributed by atoms with Gasteiger partial charge in [-0.15, -0.1) is 11.6 Å². The monoisotopic (exact) mass is 1300 g/mol. The van der Waals surface area contributed by atoms with Gasteiger partial charge in [0, 0.05) is 21.3 Å². The van der Waals surface area contributed by atoms with Crippen LogP contribution in [0.15, 0.2) is 97.1 Å². The number of carboxylic acid groups (broad SMARTS) is 7. The van der Waals surface area contributed by atoms with Crippen LogP contribution >= 0.6 is 114 Å². The number of hydrogen-bond acceptors (Lipinski definition) is 7. The molecule has 0 saturated heterocycles. The van der Waals surface area contributed by atoms with Crippen molar-refractivity contribution >= 4 is 156 Å². The van der Waals surface area contributed by atoms with E-state index < -0.39 is 46.6 Å². The van der Waals surface area contributed by atoms with E-state index in [1.54, 1.807) is 90.2 Å². The minimum Gasteiger partial charge on any atom is -0.481 e. The van der Waals surface area contributed by atoms with Gasteiger partial charge >= 0.3 is 41.8 Å². The quantitative estimate of drug-likeness (QED) is 0.0514. The summed E-state index contributed by atoms with van der Waals surface area (Å²) in [6, 6.07) is 28.1. The van der Waals surface area contributed by atoms with Crippen molar-refractivity contribution in [2.45, 2.75) is 39.5 Å². The smallest absolute Gasteiger partial charge is 0.335 e. The Balaban J connectivity index is -0.000000660. The first kappa shape index (κ1) is 61.9. The highest BCUT2D eigenvalue weighted by Crippen LogP contribution is 2.12. The zero-order valence-corrected chi connectivity index (χ0v) is 42.7. The Labute approximate surface area is 412 Å². The zero-order chi connectivity index (χ0) is 47.5. The highest BCUT2D eigenvalue weighted by atomic mass is 127. The minimum atomic E-state index is -0.980. The van der Waals surface area contributed by atoms with E-state index in [0.29, 0.717) is 27.4 Å². The van der Waals surface area contributed by atoms with Gasteiger partial charge in [0.2, 0.25) is 0 Å². The number of alkyl halides is 7. The summed E-state index contributed by atoms with van der Waals surface area (Å²) < 4.78 is 0.192. The maximum atomic E-state index is 10.6. The standard InChI is InChI=1S/C9H9BrO2.3C8H7BrO2.C3H5BrO2.C2H3ClO2.C2H3IO2/c10-6-8-3-1-7(2-4-8)5-9(11)12;9-5-6-1-3-7(4-2-6)8(10)11;9-5-6-2-1-3-7(4-6)8(10)11;9-5-6-3-1-2-4-7(6)8(10)11;1-2(4)3(5)6;2*3-1-2(4)5/h1-4H,5-6H2,(H,11,12);3*1-4H,5H2,(H,10,11);2H,1H3,(H,5,6);2*1H2,(H,4,5). The third kappa shape index (κ3) is 34.8. The van der Waals surface area contributed by atoms with E-state index in [1.165, 1.54) is 0 Å². The van der Waals surface area contributed by atoms with E-state index >= 15 is 0 Å². The molecule has 0 aromatic heterocycles. The van der Waals surface area contributed by atoms with Gasteiger partial charge in [0.05, 0.1) is 27.5 Å². The Hall–Kier alpha value is -3.41. The number of rotatable bonds is 12. The summed E-state index contributed by atoms with van der Waals surface area (Å²) in [5.41, 5.74) is 5.89. The molecular weight excluding hydrogens is 1270 g/mol. The molecule has 4 aromatic rings. The summed E-state index contributed by atoms with van der Waals surface area (Å²) >= 11 is 22.4. The fraction of sp³-hybridized carbons (Fsp3) is 0.225. The third-order valence-corrected chi connectivity index (χ3v) is 10.00. The average Bonchev–Trinajstić information content (AvgIpc) is 3.24. The molecule has 334 valence electrons. The Morgan fingerprint density at radius 3 is 1.26 bits per heavy atom. The number of benzene rings is 4. The number of aliphatic carboxylic acids is 4. The van der Waals surface area contributed by atoms with Crippen molar-refractivity contribution in [3.63, 3.8) is 0 Å². The van der Waals surface area contributed by atoms with Crippen LogP contribution in [0, 0.1) is 0 Å². The van der Waals surface area contributed by atoms with Crippen molar-refractivity contribution in [2.24, 2.45) is 0 Å². The minimum absolute atomic E-state index is 0.0998. The molecule has 0 aliphatic heterocycles. The molecule has 61 heavy (non-hydrogen) atoms. The Bertz CT molecular complexity index is 1920. The molecule has 0 heterocycles. The second-order valence-corrected chi connectivity index (χ2v) is 15.5.